The number of halogens is 2. The predicted octanol–water partition coefficient (Wildman–Crippen LogP) is 3.81. The molecule has 5 heteroatoms. The smallest absolute Gasteiger partial charge is 0.330 e. The molecular formula is C16H20F2O3. The monoisotopic (exact) mass is 298 g/mol. The lowest BCUT2D eigenvalue weighted by atomic mass is 10.1. The summed E-state index contributed by atoms with van der Waals surface area (Å²) < 4.78 is 37.3. The van der Waals surface area contributed by atoms with E-state index in [1.165, 1.54) is 24.3 Å². The van der Waals surface area contributed by atoms with Crippen molar-refractivity contribution in [3.8, 4) is 5.75 Å². The van der Waals surface area contributed by atoms with Gasteiger partial charge < -0.3 is 9.47 Å². The maximum absolute atomic E-state index is 13.8. The third-order valence-corrected chi connectivity index (χ3v) is 2.70. The van der Waals surface area contributed by atoms with Gasteiger partial charge in [0.25, 0.3) is 0 Å². The maximum Gasteiger partial charge on any atom is 0.330 e. The van der Waals surface area contributed by atoms with E-state index in [1.54, 1.807) is 6.92 Å². The van der Waals surface area contributed by atoms with Crippen molar-refractivity contribution in [2.75, 3.05) is 13.2 Å². The lowest BCUT2D eigenvalue weighted by molar-refractivity contribution is -0.137. The lowest BCUT2D eigenvalue weighted by Gasteiger charge is -2.09. The second kappa shape index (κ2) is 9.10. The van der Waals surface area contributed by atoms with Crippen molar-refractivity contribution in [2.24, 2.45) is 0 Å². The summed E-state index contributed by atoms with van der Waals surface area (Å²) in [4.78, 5) is 11.1. The molecule has 0 aliphatic heterocycles. The molecule has 1 aromatic carbocycles. The molecule has 0 saturated heterocycles. The highest BCUT2D eigenvalue weighted by Crippen LogP contribution is 2.24. The number of carbonyl (C=O) groups excluding carboxylic acids is 1. The average Bonchev–Trinajstić information content (AvgIpc) is 2.42. The van der Waals surface area contributed by atoms with Crippen LogP contribution in [0.5, 0.6) is 5.75 Å². The van der Waals surface area contributed by atoms with Gasteiger partial charge in [-0.2, -0.15) is 0 Å². The van der Waals surface area contributed by atoms with E-state index in [4.69, 9.17) is 9.47 Å². The standard InChI is InChI=1S/C16H20F2O3/c1-3-5-9-21-16-13(17)10-12(11-14(16)18)7-6-8-15(19)20-4-2/h6,8,10-11H,3-5,7,9H2,1-2H3/b8-6+. The zero-order chi connectivity index (χ0) is 15.7. The van der Waals surface area contributed by atoms with Crippen LogP contribution in [0.2, 0.25) is 0 Å². The number of hydrogen-bond donors (Lipinski definition) is 0. The number of benzene rings is 1. The first-order chi connectivity index (χ1) is 10.1. The minimum absolute atomic E-state index is 0.238. The molecule has 0 heterocycles. The number of unbranched alkanes of at least 4 members (excludes halogenated alkanes) is 1. The van der Waals surface area contributed by atoms with E-state index < -0.39 is 17.6 Å². The number of carbonyl (C=O) groups is 1. The minimum Gasteiger partial charge on any atom is -0.488 e. The normalized spacial score (nSPS) is 10.9. The topological polar surface area (TPSA) is 35.5 Å². The Morgan fingerprint density at radius 1 is 1.24 bits per heavy atom. The molecule has 1 rings (SSSR count). The van der Waals surface area contributed by atoms with Gasteiger partial charge in [0.15, 0.2) is 17.4 Å². The molecule has 116 valence electrons. The van der Waals surface area contributed by atoms with Crippen LogP contribution in [-0.4, -0.2) is 19.2 Å². The zero-order valence-corrected chi connectivity index (χ0v) is 12.3. The Kier molecular flexibility index (Phi) is 7.43. The Morgan fingerprint density at radius 3 is 2.48 bits per heavy atom. The Bertz CT molecular complexity index is 475. The molecule has 0 aliphatic carbocycles. The molecule has 0 atom stereocenters. The molecule has 0 bridgehead atoms. The second-order valence-corrected chi connectivity index (χ2v) is 4.45. The summed E-state index contributed by atoms with van der Waals surface area (Å²) in [6, 6.07) is 2.42. The van der Waals surface area contributed by atoms with Crippen LogP contribution in [0.4, 0.5) is 8.78 Å². The van der Waals surface area contributed by atoms with E-state index in [0.29, 0.717) is 5.56 Å². The molecule has 21 heavy (non-hydrogen) atoms. The van der Waals surface area contributed by atoms with Crippen molar-refractivity contribution in [1.29, 1.82) is 0 Å². The van der Waals surface area contributed by atoms with Crippen LogP contribution in [0.1, 0.15) is 32.3 Å². The van der Waals surface area contributed by atoms with Gasteiger partial charge in [0.05, 0.1) is 13.2 Å². The summed E-state index contributed by atoms with van der Waals surface area (Å²) in [7, 11) is 0. The molecule has 0 radical (unpaired) electrons. The molecule has 0 spiro atoms. The number of allylic oxidation sites excluding steroid dienone is 1. The van der Waals surface area contributed by atoms with Crippen LogP contribution in [-0.2, 0) is 16.0 Å². The molecule has 1 aromatic rings. The molecule has 0 saturated carbocycles. The van der Waals surface area contributed by atoms with Gasteiger partial charge in [0, 0.05) is 6.08 Å². The molecule has 0 N–H and O–H groups in total. The average molecular weight is 298 g/mol. The molecule has 0 aliphatic rings. The fraction of sp³-hybridized carbons (Fsp3) is 0.438. The number of esters is 1. The third-order valence-electron chi connectivity index (χ3n) is 2.70. The van der Waals surface area contributed by atoms with E-state index in [-0.39, 0.29) is 25.4 Å². The van der Waals surface area contributed by atoms with Crippen molar-refractivity contribution in [3.05, 3.63) is 41.5 Å². The minimum atomic E-state index is -0.731. The zero-order valence-electron chi connectivity index (χ0n) is 12.3. The van der Waals surface area contributed by atoms with Gasteiger partial charge in [0.1, 0.15) is 0 Å². The van der Waals surface area contributed by atoms with Gasteiger partial charge in [-0.15, -0.1) is 0 Å². The fourth-order valence-corrected chi connectivity index (χ4v) is 1.67. The van der Waals surface area contributed by atoms with Gasteiger partial charge in [-0.05, 0) is 37.5 Å². The van der Waals surface area contributed by atoms with Crippen LogP contribution >= 0.6 is 0 Å². The van der Waals surface area contributed by atoms with Crippen LogP contribution in [0.15, 0.2) is 24.3 Å². The van der Waals surface area contributed by atoms with E-state index in [0.717, 1.165) is 12.8 Å². The number of rotatable bonds is 8. The van der Waals surface area contributed by atoms with Crippen LogP contribution in [0.3, 0.4) is 0 Å². The van der Waals surface area contributed by atoms with Crippen LogP contribution < -0.4 is 4.74 Å². The van der Waals surface area contributed by atoms with Gasteiger partial charge in [-0.25, -0.2) is 13.6 Å². The largest absolute Gasteiger partial charge is 0.488 e. The fourth-order valence-electron chi connectivity index (χ4n) is 1.67. The first-order valence-electron chi connectivity index (χ1n) is 7.02. The highest BCUT2D eigenvalue weighted by atomic mass is 19.1. The van der Waals surface area contributed by atoms with E-state index in [1.807, 2.05) is 6.92 Å². The molecule has 0 aromatic heterocycles. The SMILES string of the molecule is CCCCOc1c(F)cc(C/C=C/C(=O)OCC)cc1F. The van der Waals surface area contributed by atoms with E-state index in [9.17, 15) is 13.6 Å². The Balaban J connectivity index is 2.67. The van der Waals surface area contributed by atoms with Gasteiger partial charge in [-0.3, -0.25) is 0 Å². The quantitative estimate of drug-likeness (QED) is 0.416. The molecule has 3 nitrogen and oxygen atoms in total. The van der Waals surface area contributed by atoms with E-state index in [2.05, 4.69) is 0 Å². The van der Waals surface area contributed by atoms with Crippen LogP contribution in [0, 0.1) is 11.6 Å². The molecular weight excluding hydrogens is 278 g/mol. The first-order valence-corrected chi connectivity index (χ1v) is 7.02. The Hall–Kier alpha value is -1.91. The molecule has 0 fully saturated rings. The highest BCUT2D eigenvalue weighted by Gasteiger charge is 2.12. The summed E-state index contributed by atoms with van der Waals surface area (Å²) >= 11 is 0. The predicted molar refractivity (Wildman–Crippen MR) is 76.2 cm³/mol. The van der Waals surface area contributed by atoms with Crippen molar-refractivity contribution in [2.45, 2.75) is 33.1 Å². The van der Waals surface area contributed by atoms with Crippen LogP contribution in [0.25, 0.3) is 0 Å². The summed E-state index contributed by atoms with van der Waals surface area (Å²) in [5, 5.41) is 0. The van der Waals surface area contributed by atoms with Gasteiger partial charge >= 0.3 is 5.97 Å². The van der Waals surface area contributed by atoms with Crippen molar-refractivity contribution < 1.29 is 23.0 Å². The molecule has 0 unspecified atom stereocenters. The van der Waals surface area contributed by atoms with E-state index >= 15 is 0 Å². The summed E-state index contributed by atoms with van der Waals surface area (Å²) in [6.45, 7) is 4.24. The van der Waals surface area contributed by atoms with Crippen molar-refractivity contribution >= 4 is 5.97 Å². The third kappa shape index (κ3) is 5.94. The summed E-state index contributed by atoms with van der Waals surface area (Å²) in [5.41, 5.74) is 0.424. The lowest BCUT2D eigenvalue weighted by Crippen LogP contribution is -2.02. The van der Waals surface area contributed by atoms with Gasteiger partial charge in [0.2, 0.25) is 0 Å². The van der Waals surface area contributed by atoms with Crippen molar-refractivity contribution in [3.63, 3.8) is 0 Å². The number of ether oxygens (including phenoxy) is 2. The Labute approximate surface area is 123 Å². The maximum atomic E-state index is 13.8. The van der Waals surface area contributed by atoms with Gasteiger partial charge in [-0.1, -0.05) is 19.4 Å². The summed E-state index contributed by atoms with van der Waals surface area (Å²) in [5.74, 6) is -2.28. The first kappa shape index (κ1) is 17.1. The number of hydrogen-bond acceptors (Lipinski definition) is 3. The highest BCUT2D eigenvalue weighted by molar-refractivity contribution is 5.81. The second-order valence-electron chi connectivity index (χ2n) is 4.45. The summed E-state index contributed by atoms with van der Waals surface area (Å²) in [6.07, 6.45) is 4.61. The molecule has 0 amide bonds. The van der Waals surface area contributed by atoms with Crippen molar-refractivity contribution in [1.82, 2.24) is 0 Å². The Morgan fingerprint density at radius 2 is 1.90 bits per heavy atom.